The van der Waals surface area contributed by atoms with E-state index in [0.717, 1.165) is 18.6 Å². The molecule has 0 spiro atoms. The molecule has 1 fully saturated rings. The van der Waals surface area contributed by atoms with E-state index in [1.54, 1.807) is 11.8 Å². The largest absolute Gasteiger partial charge is 0.475 e. The summed E-state index contributed by atoms with van der Waals surface area (Å²) in [6.07, 6.45) is 5.94. The lowest BCUT2D eigenvalue weighted by Crippen LogP contribution is -2.39. The number of rotatable bonds is 1. The predicted molar refractivity (Wildman–Crippen MR) is 76.0 cm³/mol. The van der Waals surface area contributed by atoms with Gasteiger partial charge in [0, 0.05) is 11.1 Å². The van der Waals surface area contributed by atoms with E-state index in [9.17, 15) is 0 Å². The monoisotopic (exact) mass is 263 g/mol. The van der Waals surface area contributed by atoms with E-state index in [4.69, 9.17) is 10.5 Å². The molecular formula is C15H21NOS. The number of hydrogen-bond acceptors (Lipinski definition) is 3. The van der Waals surface area contributed by atoms with E-state index in [2.05, 4.69) is 32.0 Å². The summed E-state index contributed by atoms with van der Waals surface area (Å²) in [5, 5.41) is 0. The van der Waals surface area contributed by atoms with Crippen molar-refractivity contribution in [3.8, 4) is 5.75 Å². The van der Waals surface area contributed by atoms with Crippen LogP contribution in [0.4, 0.5) is 0 Å². The maximum atomic E-state index is 6.65. The molecule has 0 saturated heterocycles. The SMILES string of the molecule is CC1(C)Oc2c(cccc2C2(N)CCCCC2)S1. The molecule has 0 aromatic heterocycles. The Balaban J connectivity index is 2.02. The van der Waals surface area contributed by atoms with Gasteiger partial charge in [-0.3, -0.25) is 0 Å². The van der Waals surface area contributed by atoms with Gasteiger partial charge < -0.3 is 10.5 Å². The van der Waals surface area contributed by atoms with Crippen LogP contribution in [-0.4, -0.2) is 4.93 Å². The molecule has 0 bridgehead atoms. The number of nitrogens with two attached hydrogens (primary N) is 1. The lowest BCUT2D eigenvalue weighted by atomic mass is 9.77. The maximum Gasteiger partial charge on any atom is 0.153 e. The van der Waals surface area contributed by atoms with Crippen molar-refractivity contribution < 1.29 is 4.74 Å². The molecule has 1 aromatic carbocycles. The highest BCUT2D eigenvalue weighted by Gasteiger charge is 2.38. The quantitative estimate of drug-likeness (QED) is 0.831. The Bertz CT molecular complexity index is 464. The van der Waals surface area contributed by atoms with Crippen LogP contribution in [-0.2, 0) is 5.54 Å². The first-order valence-electron chi connectivity index (χ1n) is 6.81. The first-order valence-corrected chi connectivity index (χ1v) is 7.62. The van der Waals surface area contributed by atoms with Crippen molar-refractivity contribution in [2.45, 2.75) is 61.3 Å². The van der Waals surface area contributed by atoms with Crippen LogP contribution in [0.15, 0.2) is 23.1 Å². The Morgan fingerprint density at radius 2 is 1.89 bits per heavy atom. The fourth-order valence-corrected chi connectivity index (χ4v) is 4.12. The van der Waals surface area contributed by atoms with Gasteiger partial charge in [-0.2, -0.15) is 0 Å². The second-order valence-corrected chi connectivity index (χ2v) is 7.58. The zero-order chi connectivity index (χ0) is 12.8. The van der Waals surface area contributed by atoms with E-state index in [1.165, 1.54) is 29.7 Å². The van der Waals surface area contributed by atoms with Crippen LogP contribution in [0.1, 0.15) is 51.5 Å². The average Bonchev–Trinajstić information content (AvgIpc) is 2.63. The Morgan fingerprint density at radius 1 is 1.17 bits per heavy atom. The van der Waals surface area contributed by atoms with Crippen LogP contribution in [0.3, 0.4) is 0 Å². The topological polar surface area (TPSA) is 35.2 Å². The molecule has 2 N–H and O–H groups in total. The smallest absolute Gasteiger partial charge is 0.153 e. The van der Waals surface area contributed by atoms with E-state index < -0.39 is 0 Å². The second-order valence-electron chi connectivity index (χ2n) is 5.95. The highest BCUT2D eigenvalue weighted by Crippen LogP contribution is 2.52. The van der Waals surface area contributed by atoms with Crippen LogP contribution in [0.5, 0.6) is 5.75 Å². The van der Waals surface area contributed by atoms with Crippen molar-refractivity contribution in [3.05, 3.63) is 23.8 Å². The lowest BCUT2D eigenvalue weighted by Gasteiger charge is -2.35. The summed E-state index contributed by atoms with van der Waals surface area (Å²) in [4.78, 5) is 1.08. The first-order chi connectivity index (χ1) is 8.50. The Morgan fingerprint density at radius 3 is 2.61 bits per heavy atom. The van der Waals surface area contributed by atoms with Gasteiger partial charge in [-0.15, -0.1) is 0 Å². The third-order valence-corrected chi connectivity index (χ3v) is 5.08. The summed E-state index contributed by atoms with van der Waals surface area (Å²) in [6, 6.07) is 6.42. The standard InChI is InChI=1S/C15H21NOS/c1-14(2)17-13-11(7-6-8-12(13)18-14)15(16)9-4-3-5-10-15/h6-8H,3-5,9-10,16H2,1-2H3. The summed E-state index contributed by atoms with van der Waals surface area (Å²) in [5.74, 6) is 1.04. The van der Waals surface area contributed by atoms with E-state index in [1.807, 2.05) is 0 Å². The highest BCUT2D eigenvalue weighted by molar-refractivity contribution is 8.00. The van der Waals surface area contributed by atoms with Gasteiger partial charge in [0.1, 0.15) is 5.75 Å². The molecule has 0 unspecified atom stereocenters. The van der Waals surface area contributed by atoms with Gasteiger partial charge in [-0.25, -0.2) is 0 Å². The van der Waals surface area contributed by atoms with Crippen molar-refractivity contribution in [2.24, 2.45) is 5.73 Å². The van der Waals surface area contributed by atoms with Crippen LogP contribution in [0, 0.1) is 0 Å². The molecule has 1 aliphatic heterocycles. The first kappa shape index (κ1) is 12.4. The summed E-state index contributed by atoms with van der Waals surface area (Å²) in [7, 11) is 0. The molecule has 0 atom stereocenters. The van der Waals surface area contributed by atoms with Gasteiger partial charge in [0.25, 0.3) is 0 Å². The molecule has 1 aromatic rings. The molecule has 98 valence electrons. The van der Waals surface area contributed by atoms with Gasteiger partial charge in [-0.1, -0.05) is 43.2 Å². The van der Waals surface area contributed by atoms with Crippen LogP contribution in [0.2, 0.25) is 0 Å². The zero-order valence-electron chi connectivity index (χ0n) is 11.2. The van der Waals surface area contributed by atoms with Gasteiger partial charge >= 0.3 is 0 Å². The number of ether oxygens (including phenoxy) is 1. The summed E-state index contributed by atoms with van der Waals surface area (Å²) in [5.41, 5.74) is 7.70. The minimum Gasteiger partial charge on any atom is -0.475 e. The van der Waals surface area contributed by atoms with E-state index in [-0.39, 0.29) is 10.5 Å². The van der Waals surface area contributed by atoms with Crippen molar-refractivity contribution in [2.75, 3.05) is 0 Å². The molecule has 1 heterocycles. The molecule has 18 heavy (non-hydrogen) atoms. The van der Waals surface area contributed by atoms with Crippen molar-refractivity contribution in [3.63, 3.8) is 0 Å². The Kier molecular flexibility index (Phi) is 2.87. The van der Waals surface area contributed by atoms with Gasteiger partial charge in [-0.05, 0) is 32.8 Å². The van der Waals surface area contributed by atoms with Crippen LogP contribution < -0.4 is 10.5 Å². The minimum absolute atomic E-state index is 0.163. The summed E-state index contributed by atoms with van der Waals surface area (Å²) >= 11 is 1.79. The number of benzene rings is 1. The zero-order valence-corrected chi connectivity index (χ0v) is 12.0. The van der Waals surface area contributed by atoms with Gasteiger partial charge in [0.2, 0.25) is 0 Å². The predicted octanol–water partition coefficient (Wildman–Crippen LogP) is 4.03. The molecule has 0 amide bonds. The highest BCUT2D eigenvalue weighted by atomic mass is 32.2. The van der Waals surface area contributed by atoms with Gasteiger partial charge in [0.05, 0.1) is 4.90 Å². The Labute approximate surface area is 113 Å². The third-order valence-electron chi connectivity index (χ3n) is 3.96. The molecule has 1 aliphatic carbocycles. The Hall–Kier alpha value is -0.670. The van der Waals surface area contributed by atoms with Crippen molar-refractivity contribution in [1.82, 2.24) is 0 Å². The molecular weight excluding hydrogens is 242 g/mol. The third kappa shape index (κ3) is 2.04. The lowest BCUT2D eigenvalue weighted by molar-refractivity contribution is 0.202. The number of hydrogen-bond donors (Lipinski definition) is 1. The average molecular weight is 263 g/mol. The maximum absolute atomic E-state index is 6.65. The fourth-order valence-electron chi connectivity index (χ4n) is 3.08. The minimum atomic E-state index is -0.176. The molecule has 3 heteroatoms. The summed E-state index contributed by atoms with van der Waals surface area (Å²) in [6.45, 7) is 4.23. The molecule has 3 rings (SSSR count). The van der Waals surface area contributed by atoms with Crippen molar-refractivity contribution >= 4 is 11.8 Å². The van der Waals surface area contributed by atoms with Gasteiger partial charge in [0.15, 0.2) is 4.93 Å². The van der Waals surface area contributed by atoms with Crippen LogP contribution >= 0.6 is 11.8 Å². The fraction of sp³-hybridized carbons (Fsp3) is 0.600. The van der Waals surface area contributed by atoms with Crippen LogP contribution in [0.25, 0.3) is 0 Å². The summed E-state index contributed by atoms with van der Waals surface area (Å²) < 4.78 is 6.13. The molecule has 0 radical (unpaired) electrons. The normalized spacial score (nSPS) is 24.4. The number of fused-ring (bicyclic) bond motifs is 1. The number of para-hydroxylation sites is 1. The molecule has 2 nitrogen and oxygen atoms in total. The van der Waals surface area contributed by atoms with E-state index >= 15 is 0 Å². The molecule has 2 aliphatic rings. The van der Waals surface area contributed by atoms with Crippen molar-refractivity contribution in [1.29, 1.82) is 0 Å². The number of thioether (sulfide) groups is 1. The molecule has 1 saturated carbocycles. The second kappa shape index (κ2) is 4.17. The van der Waals surface area contributed by atoms with E-state index in [0.29, 0.717) is 0 Å².